The van der Waals surface area contributed by atoms with E-state index in [1.165, 1.54) is 4.90 Å². The van der Waals surface area contributed by atoms with Crippen LogP contribution in [0.25, 0.3) is 0 Å². The van der Waals surface area contributed by atoms with E-state index in [0.717, 1.165) is 5.69 Å². The molecule has 272 valence electrons. The summed E-state index contributed by atoms with van der Waals surface area (Å²) in [5.41, 5.74) is 3.62. The predicted octanol–water partition coefficient (Wildman–Crippen LogP) is 1.27. The lowest BCUT2D eigenvalue weighted by Gasteiger charge is -2.39. The van der Waals surface area contributed by atoms with E-state index in [1.54, 1.807) is 23.9 Å². The number of piperidine rings is 1. The Hall–Kier alpha value is -4.75. The number of ketones is 1. The first-order chi connectivity index (χ1) is 23.0. The maximum absolute atomic E-state index is 14.2. The van der Waals surface area contributed by atoms with Crippen molar-refractivity contribution in [2.75, 3.05) is 43.5 Å². The molecule has 0 bridgehead atoms. The van der Waals surface area contributed by atoms with Crippen LogP contribution in [0.2, 0.25) is 0 Å². The molecule has 0 spiro atoms. The number of carbonyl (C=O) groups excluding carboxylic acids is 5. The zero-order valence-corrected chi connectivity index (χ0v) is 30.7. The van der Waals surface area contributed by atoms with E-state index in [0.29, 0.717) is 6.54 Å². The van der Waals surface area contributed by atoms with E-state index in [-0.39, 0.29) is 35.2 Å². The summed E-state index contributed by atoms with van der Waals surface area (Å²) in [7, 11) is 3.42. The fourth-order valence-electron chi connectivity index (χ4n) is 7.03. The van der Waals surface area contributed by atoms with Crippen LogP contribution in [-0.2, 0) is 19.2 Å². The number of hydrogen-bond acceptors (Lipinski definition) is 9. The summed E-state index contributed by atoms with van der Waals surface area (Å²) in [5, 5.41) is 8.32. The fourth-order valence-corrected chi connectivity index (χ4v) is 7.03. The number of rotatable bonds is 12. The molecule has 5 N–H and O–H groups in total. The quantitative estimate of drug-likeness (QED) is 0.237. The van der Waals surface area contributed by atoms with Gasteiger partial charge in [-0.2, -0.15) is 0 Å². The van der Waals surface area contributed by atoms with Crippen molar-refractivity contribution in [1.82, 2.24) is 20.9 Å². The van der Waals surface area contributed by atoms with Gasteiger partial charge in [-0.25, -0.2) is 4.79 Å². The Morgan fingerprint density at radius 3 is 2.04 bits per heavy atom. The van der Waals surface area contributed by atoms with Crippen molar-refractivity contribution in [1.29, 1.82) is 0 Å². The Balaban J connectivity index is 1.51. The van der Waals surface area contributed by atoms with Gasteiger partial charge < -0.3 is 36.4 Å². The van der Waals surface area contributed by atoms with Crippen LogP contribution in [0.5, 0.6) is 0 Å². The fraction of sp³-hybridized carbons (Fsp3) is 0.583. The van der Waals surface area contributed by atoms with Crippen molar-refractivity contribution < 1.29 is 24.0 Å². The van der Waals surface area contributed by atoms with Gasteiger partial charge in [-0.3, -0.25) is 28.8 Å². The highest BCUT2D eigenvalue weighted by Crippen LogP contribution is 2.65. The number of fused-ring (bicyclic) bond motifs is 1. The Bertz CT molecular complexity index is 1730. The maximum atomic E-state index is 14.2. The number of primary amides is 1. The van der Waals surface area contributed by atoms with Gasteiger partial charge in [0.1, 0.15) is 23.5 Å². The number of para-hydroxylation sites is 1. The minimum absolute atomic E-state index is 0.0468. The second-order valence-corrected chi connectivity index (χ2v) is 16.4. The molecule has 14 nitrogen and oxygen atoms in total. The minimum Gasteiger partial charge on any atom is -0.367 e. The Morgan fingerprint density at radius 2 is 1.50 bits per heavy atom. The van der Waals surface area contributed by atoms with E-state index >= 15 is 0 Å². The molecule has 2 aliphatic rings. The van der Waals surface area contributed by atoms with E-state index < -0.39 is 75.9 Å². The number of nitrogens with one attached hydrogen (secondary N) is 3. The molecular formula is C36H51N7O7. The number of Topliss-reactive ketones (excluding diaryl/α,β-unsaturated/α-hetero) is 1. The normalized spacial score (nSPS) is 20.7. The van der Waals surface area contributed by atoms with Gasteiger partial charge in [0, 0.05) is 32.9 Å². The summed E-state index contributed by atoms with van der Waals surface area (Å²) in [4.78, 5) is 94.7. The van der Waals surface area contributed by atoms with E-state index in [9.17, 15) is 33.6 Å². The molecule has 1 heterocycles. The zero-order chi connectivity index (χ0) is 37.7. The highest BCUT2D eigenvalue weighted by atomic mass is 16.2. The molecule has 2 fully saturated rings. The summed E-state index contributed by atoms with van der Waals surface area (Å²) >= 11 is 0. The number of hydrogen-bond donors (Lipinski definition) is 4. The van der Waals surface area contributed by atoms with Crippen molar-refractivity contribution in [3.63, 3.8) is 0 Å². The molecule has 1 aliphatic heterocycles. The number of urea groups is 1. The van der Waals surface area contributed by atoms with Gasteiger partial charge in [0.05, 0.1) is 12.6 Å². The van der Waals surface area contributed by atoms with Gasteiger partial charge >= 0.3 is 6.03 Å². The first-order valence-electron chi connectivity index (χ1n) is 16.8. The monoisotopic (exact) mass is 693 g/mol. The second-order valence-electron chi connectivity index (χ2n) is 16.4. The summed E-state index contributed by atoms with van der Waals surface area (Å²) in [5.74, 6) is -3.23. The molecule has 50 heavy (non-hydrogen) atoms. The molecule has 1 saturated carbocycles. The van der Waals surface area contributed by atoms with Gasteiger partial charge in [-0.05, 0) is 40.2 Å². The van der Waals surface area contributed by atoms with Crippen LogP contribution in [0.15, 0.2) is 39.9 Å². The summed E-state index contributed by atoms with van der Waals surface area (Å²) < 4.78 is 0. The number of amides is 5. The van der Waals surface area contributed by atoms with Gasteiger partial charge in [0.2, 0.25) is 17.6 Å². The first-order valence-corrected chi connectivity index (χ1v) is 16.8. The smallest absolute Gasteiger partial charge is 0.315 e. The van der Waals surface area contributed by atoms with E-state index in [4.69, 9.17) is 5.73 Å². The molecule has 1 saturated heterocycles. The van der Waals surface area contributed by atoms with Crippen LogP contribution in [-0.4, -0.2) is 86.3 Å². The molecule has 1 aliphatic carbocycles. The zero-order valence-electron chi connectivity index (χ0n) is 30.7. The number of likely N-dealkylation sites (N-methyl/N-ethyl adjacent to an activating group) is 1. The topological polar surface area (TPSA) is 191 Å². The van der Waals surface area contributed by atoms with Gasteiger partial charge in [-0.1, -0.05) is 73.6 Å². The van der Waals surface area contributed by atoms with Gasteiger partial charge in [0.15, 0.2) is 0 Å². The third kappa shape index (κ3) is 7.38. The SMILES string of the molecule is CN(C[C@@H](NC(=O)N[C@H](C(=O)N1C[C@H]2[C@@H]([C@H]1C(=O)NCC(=O)C(N)=O)C2(C)C)C(C)(C)C)C(C)(C)C)c1c(N(C)c2ccccc2)c(=O)c1=O. The minimum atomic E-state index is -1.17. The standard InChI is InChI=1S/C36H51N7O7/c1-34(2,3)22(18-41(9)25-26(28(46)27(25)45)42(10)19-14-12-11-13-15-19)39-33(50)40-29(35(4,5)6)32(49)43-17-20-23(36(20,7)8)24(43)31(48)38-16-21(44)30(37)47/h11-15,20,22-24,29H,16-18H2,1-10H3,(H2,37,47)(H,38,48)(H2,39,40,50)/t20-,22+,23-,24-,29+/m0/s1. The number of nitrogens with two attached hydrogens (primary N) is 1. The van der Waals surface area contributed by atoms with Crippen molar-refractivity contribution in [3.05, 3.63) is 50.8 Å². The first kappa shape index (κ1) is 38.1. The molecule has 5 amide bonds. The molecule has 5 atom stereocenters. The molecule has 14 heteroatoms. The molecular weight excluding hydrogens is 642 g/mol. The van der Waals surface area contributed by atoms with Crippen molar-refractivity contribution in [2.24, 2.45) is 33.8 Å². The van der Waals surface area contributed by atoms with Crippen LogP contribution in [0, 0.1) is 28.1 Å². The van der Waals surface area contributed by atoms with Crippen molar-refractivity contribution in [2.45, 2.75) is 73.5 Å². The Kier molecular flexibility index (Phi) is 10.3. The number of benzene rings is 1. The van der Waals surface area contributed by atoms with Crippen LogP contribution in [0.1, 0.15) is 55.4 Å². The molecule has 0 aromatic heterocycles. The van der Waals surface area contributed by atoms with Crippen LogP contribution < -0.4 is 42.3 Å². The maximum Gasteiger partial charge on any atom is 0.315 e. The number of anilines is 3. The average molecular weight is 694 g/mol. The molecule has 0 radical (unpaired) electrons. The van der Waals surface area contributed by atoms with E-state index in [2.05, 4.69) is 16.0 Å². The third-order valence-electron chi connectivity index (χ3n) is 10.4. The predicted molar refractivity (Wildman–Crippen MR) is 191 cm³/mol. The highest BCUT2D eigenvalue weighted by Gasteiger charge is 2.69. The van der Waals surface area contributed by atoms with Crippen LogP contribution in [0.3, 0.4) is 0 Å². The largest absolute Gasteiger partial charge is 0.367 e. The summed E-state index contributed by atoms with van der Waals surface area (Å²) in [6.07, 6.45) is 0. The van der Waals surface area contributed by atoms with Crippen LogP contribution >= 0.6 is 0 Å². The third-order valence-corrected chi connectivity index (χ3v) is 10.4. The van der Waals surface area contributed by atoms with Crippen molar-refractivity contribution >= 4 is 46.6 Å². The van der Waals surface area contributed by atoms with Crippen LogP contribution in [0.4, 0.5) is 21.9 Å². The number of likely N-dealkylation sites (tertiary alicyclic amines) is 1. The Labute approximate surface area is 292 Å². The second kappa shape index (κ2) is 13.5. The Morgan fingerprint density at radius 1 is 0.920 bits per heavy atom. The molecule has 2 aromatic rings. The van der Waals surface area contributed by atoms with Gasteiger partial charge in [-0.15, -0.1) is 0 Å². The summed E-state index contributed by atoms with van der Waals surface area (Å²) in [6.45, 7) is 15.2. The lowest BCUT2D eigenvalue weighted by Crippen LogP contribution is -2.62. The summed E-state index contributed by atoms with van der Waals surface area (Å²) in [6, 6.07) is 6.12. The van der Waals surface area contributed by atoms with Gasteiger partial charge in [0.25, 0.3) is 16.8 Å². The highest BCUT2D eigenvalue weighted by molar-refractivity contribution is 6.36. The van der Waals surface area contributed by atoms with Crippen molar-refractivity contribution in [3.8, 4) is 0 Å². The lowest BCUT2D eigenvalue weighted by molar-refractivity contribution is -0.144. The molecule has 4 rings (SSSR count). The number of carbonyl (C=O) groups is 5. The molecule has 0 unspecified atom stereocenters. The lowest BCUT2D eigenvalue weighted by atomic mass is 9.84. The molecule has 2 aromatic carbocycles. The number of nitrogens with zero attached hydrogens (tertiary/aromatic N) is 3. The van der Waals surface area contributed by atoms with E-state index in [1.807, 2.05) is 85.7 Å². The average Bonchev–Trinajstić information content (AvgIpc) is 3.33.